The number of pyridine rings is 2. The standard InChI is InChI=1S/C14H13BrN2O3/c1-8-11(15)7-17-13(12(8)14(18)19)20-9(2)10-3-5-16-6-4-10/h3-7,9H,1-2H3,(H,18,19). The third-order valence-corrected chi connectivity index (χ3v) is 3.72. The van der Waals surface area contributed by atoms with E-state index in [1.807, 2.05) is 19.1 Å². The molecule has 0 aliphatic heterocycles. The summed E-state index contributed by atoms with van der Waals surface area (Å²) in [6.07, 6.45) is 4.54. The van der Waals surface area contributed by atoms with Gasteiger partial charge in [0.05, 0.1) is 0 Å². The van der Waals surface area contributed by atoms with Crippen molar-refractivity contribution in [3.8, 4) is 5.88 Å². The van der Waals surface area contributed by atoms with Crippen LogP contribution in [0, 0.1) is 6.92 Å². The maximum absolute atomic E-state index is 11.4. The van der Waals surface area contributed by atoms with Gasteiger partial charge in [0.2, 0.25) is 5.88 Å². The Morgan fingerprint density at radius 3 is 2.65 bits per heavy atom. The first-order valence-corrected chi connectivity index (χ1v) is 6.75. The molecule has 0 aliphatic carbocycles. The van der Waals surface area contributed by atoms with Crippen LogP contribution in [0.15, 0.2) is 35.2 Å². The normalized spacial score (nSPS) is 11.9. The minimum Gasteiger partial charge on any atom is -0.477 e. The molecule has 5 nitrogen and oxygen atoms in total. The topological polar surface area (TPSA) is 72.3 Å². The van der Waals surface area contributed by atoms with Gasteiger partial charge in [-0.1, -0.05) is 0 Å². The molecule has 2 aromatic heterocycles. The van der Waals surface area contributed by atoms with E-state index >= 15 is 0 Å². The first kappa shape index (κ1) is 14.5. The lowest BCUT2D eigenvalue weighted by molar-refractivity contribution is 0.0687. The van der Waals surface area contributed by atoms with Crippen LogP contribution in [0.1, 0.15) is 34.5 Å². The Balaban J connectivity index is 2.35. The highest BCUT2D eigenvalue weighted by atomic mass is 79.9. The Bertz CT molecular complexity index is 632. The molecule has 6 heteroatoms. The highest BCUT2D eigenvalue weighted by molar-refractivity contribution is 9.10. The lowest BCUT2D eigenvalue weighted by Crippen LogP contribution is -2.11. The van der Waals surface area contributed by atoms with Gasteiger partial charge in [0.25, 0.3) is 0 Å². The number of carboxylic acids is 1. The molecule has 0 aromatic carbocycles. The molecule has 0 aliphatic rings. The van der Waals surface area contributed by atoms with Crippen molar-refractivity contribution in [1.29, 1.82) is 0 Å². The van der Waals surface area contributed by atoms with Gasteiger partial charge in [0.1, 0.15) is 11.7 Å². The van der Waals surface area contributed by atoms with Crippen LogP contribution in [0.2, 0.25) is 0 Å². The number of hydrogen-bond donors (Lipinski definition) is 1. The molecule has 0 amide bonds. The third kappa shape index (κ3) is 2.96. The number of carbonyl (C=O) groups is 1. The zero-order valence-corrected chi connectivity index (χ0v) is 12.6. The summed E-state index contributed by atoms with van der Waals surface area (Å²) in [5.74, 6) is -0.948. The van der Waals surface area contributed by atoms with Crippen molar-refractivity contribution in [2.24, 2.45) is 0 Å². The molecule has 0 saturated carbocycles. The summed E-state index contributed by atoms with van der Waals surface area (Å²) in [5.41, 5.74) is 1.56. The fraction of sp³-hybridized carbons (Fsp3) is 0.214. The van der Waals surface area contributed by atoms with E-state index in [4.69, 9.17) is 4.74 Å². The second-order valence-corrected chi connectivity index (χ2v) is 5.11. The smallest absolute Gasteiger partial charge is 0.341 e. The SMILES string of the molecule is Cc1c(Br)cnc(OC(C)c2ccncc2)c1C(=O)O. The molecule has 0 fully saturated rings. The van der Waals surface area contributed by atoms with Crippen LogP contribution in [0.25, 0.3) is 0 Å². The van der Waals surface area contributed by atoms with Crippen LogP contribution in [0.3, 0.4) is 0 Å². The highest BCUT2D eigenvalue weighted by Crippen LogP contribution is 2.29. The van der Waals surface area contributed by atoms with Gasteiger partial charge >= 0.3 is 5.97 Å². The quantitative estimate of drug-likeness (QED) is 0.926. The first-order chi connectivity index (χ1) is 9.50. The Labute approximate surface area is 124 Å². The Kier molecular flexibility index (Phi) is 4.34. The second-order valence-electron chi connectivity index (χ2n) is 4.26. The zero-order valence-electron chi connectivity index (χ0n) is 11.0. The number of hydrogen-bond acceptors (Lipinski definition) is 4. The monoisotopic (exact) mass is 336 g/mol. The van der Waals surface area contributed by atoms with E-state index in [1.165, 1.54) is 6.20 Å². The lowest BCUT2D eigenvalue weighted by atomic mass is 10.1. The third-order valence-electron chi connectivity index (χ3n) is 2.92. The van der Waals surface area contributed by atoms with Gasteiger partial charge in [0.15, 0.2) is 0 Å². The summed E-state index contributed by atoms with van der Waals surface area (Å²) in [7, 11) is 0. The molecule has 1 unspecified atom stereocenters. The molecular formula is C14H13BrN2O3. The number of carboxylic acid groups (broad SMARTS) is 1. The Morgan fingerprint density at radius 1 is 1.40 bits per heavy atom. The molecule has 20 heavy (non-hydrogen) atoms. The number of halogens is 1. The largest absolute Gasteiger partial charge is 0.477 e. The van der Waals surface area contributed by atoms with Gasteiger partial charge in [-0.3, -0.25) is 4.98 Å². The van der Waals surface area contributed by atoms with E-state index in [2.05, 4.69) is 25.9 Å². The Morgan fingerprint density at radius 2 is 2.05 bits per heavy atom. The van der Waals surface area contributed by atoms with E-state index in [1.54, 1.807) is 19.3 Å². The van der Waals surface area contributed by atoms with Crippen molar-refractivity contribution in [3.63, 3.8) is 0 Å². The summed E-state index contributed by atoms with van der Waals surface area (Å²) in [6.45, 7) is 3.54. The molecule has 2 heterocycles. The molecule has 0 spiro atoms. The summed E-state index contributed by atoms with van der Waals surface area (Å²) in [4.78, 5) is 19.4. The van der Waals surface area contributed by atoms with E-state index in [0.29, 0.717) is 10.0 Å². The number of rotatable bonds is 4. The van der Waals surface area contributed by atoms with Gasteiger partial charge in [0, 0.05) is 23.1 Å². The summed E-state index contributed by atoms with van der Waals surface area (Å²) in [6, 6.07) is 3.63. The predicted molar refractivity (Wildman–Crippen MR) is 76.9 cm³/mol. The van der Waals surface area contributed by atoms with E-state index < -0.39 is 5.97 Å². The highest BCUT2D eigenvalue weighted by Gasteiger charge is 2.20. The Hall–Kier alpha value is -1.95. The minimum absolute atomic E-state index is 0.0697. The average Bonchev–Trinajstić information content (AvgIpc) is 2.43. The van der Waals surface area contributed by atoms with E-state index in [0.717, 1.165) is 5.56 Å². The molecular weight excluding hydrogens is 324 g/mol. The minimum atomic E-state index is -1.06. The fourth-order valence-corrected chi connectivity index (χ4v) is 2.07. The fourth-order valence-electron chi connectivity index (χ4n) is 1.77. The molecule has 1 atom stereocenters. The number of ether oxygens (including phenoxy) is 1. The van der Waals surface area contributed by atoms with Gasteiger partial charge in [-0.25, -0.2) is 9.78 Å². The van der Waals surface area contributed by atoms with Crippen molar-refractivity contribution >= 4 is 21.9 Å². The molecule has 1 N–H and O–H groups in total. The van der Waals surface area contributed by atoms with Gasteiger partial charge in [-0.15, -0.1) is 0 Å². The molecule has 2 aromatic rings. The van der Waals surface area contributed by atoms with Crippen molar-refractivity contribution in [3.05, 3.63) is 51.9 Å². The van der Waals surface area contributed by atoms with Crippen LogP contribution in [0.5, 0.6) is 5.88 Å². The van der Waals surface area contributed by atoms with Crippen molar-refractivity contribution in [2.45, 2.75) is 20.0 Å². The van der Waals surface area contributed by atoms with Gasteiger partial charge in [-0.2, -0.15) is 0 Å². The van der Waals surface area contributed by atoms with Gasteiger partial charge < -0.3 is 9.84 Å². The van der Waals surface area contributed by atoms with Crippen LogP contribution in [0.4, 0.5) is 0 Å². The molecule has 2 rings (SSSR count). The second kappa shape index (κ2) is 6.00. The van der Waals surface area contributed by atoms with Crippen LogP contribution in [-0.2, 0) is 0 Å². The number of aromatic nitrogens is 2. The summed E-state index contributed by atoms with van der Waals surface area (Å²) in [5, 5.41) is 9.30. The van der Waals surface area contributed by atoms with E-state index in [-0.39, 0.29) is 17.5 Å². The first-order valence-electron chi connectivity index (χ1n) is 5.95. The van der Waals surface area contributed by atoms with Crippen molar-refractivity contribution < 1.29 is 14.6 Å². The average molecular weight is 337 g/mol. The van der Waals surface area contributed by atoms with Gasteiger partial charge in [-0.05, 0) is 53.0 Å². The summed E-state index contributed by atoms with van der Waals surface area (Å²) >= 11 is 3.27. The summed E-state index contributed by atoms with van der Waals surface area (Å²) < 4.78 is 6.33. The molecule has 0 radical (unpaired) electrons. The molecule has 0 bridgehead atoms. The van der Waals surface area contributed by atoms with Crippen LogP contribution >= 0.6 is 15.9 Å². The van der Waals surface area contributed by atoms with E-state index in [9.17, 15) is 9.90 Å². The molecule has 0 saturated heterocycles. The number of nitrogens with zero attached hydrogens (tertiary/aromatic N) is 2. The van der Waals surface area contributed by atoms with Crippen molar-refractivity contribution in [2.75, 3.05) is 0 Å². The van der Waals surface area contributed by atoms with Crippen LogP contribution < -0.4 is 4.74 Å². The predicted octanol–water partition coefficient (Wildman–Crippen LogP) is 3.39. The van der Waals surface area contributed by atoms with Crippen molar-refractivity contribution in [1.82, 2.24) is 9.97 Å². The molecule has 104 valence electrons. The van der Waals surface area contributed by atoms with Crippen LogP contribution in [-0.4, -0.2) is 21.0 Å². The number of aromatic carboxylic acids is 1. The lowest BCUT2D eigenvalue weighted by Gasteiger charge is -2.16. The zero-order chi connectivity index (χ0) is 14.7. The maximum Gasteiger partial charge on any atom is 0.341 e. The maximum atomic E-state index is 11.4.